The third-order valence-electron chi connectivity index (χ3n) is 3.35. The van der Waals surface area contributed by atoms with E-state index in [0.717, 1.165) is 6.42 Å². The first kappa shape index (κ1) is 18.2. The quantitative estimate of drug-likeness (QED) is 0.453. The van der Waals surface area contributed by atoms with Gasteiger partial charge < -0.3 is 9.84 Å². The van der Waals surface area contributed by atoms with E-state index < -0.39 is 5.97 Å². The Morgan fingerprint density at radius 2 is 2.00 bits per heavy atom. The van der Waals surface area contributed by atoms with Crippen LogP contribution in [0.15, 0.2) is 51.9 Å². The van der Waals surface area contributed by atoms with Crippen LogP contribution >= 0.6 is 15.9 Å². The number of carbonyl (C=O) groups is 1. The largest absolute Gasteiger partial charge is 0.504 e. The number of aliphatic imine (C=N–C) groups is 1. The van der Waals surface area contributed by atoms with Crippen molar-refractivity contribution in [3.63, 3.8) is 0 Å². The second-order valence-corrected chi connectivity index (χ2v) is 6.60. The van der Waals surface area contributed by atoms with Crippen molar-refractivity contribution in [1.29, 1.82) is 0 Å². The van der Waals surface area contributed by atoms with E-state index in [0.29, 0.717) is 16.6 Å². The molecule has 0 fully saturated rings. The van der Waals surface area contributed by atoms with E-state index in [-0.39, 0.29) is 17.4 Å². The molecule has 2 aromatic rings. The molecule has 0 aliphatic rings. The van der Waals surface area contributed by atoms with Crippen LogP contribution in [0.3, 0.4) is 0 Å². The van der Waals surface area contributed by atoms with E-state index in [1.165, 1.54) is 5.56 Å². The molecular formula is C19H20BrNO3. The fraction of sp³-hybridized carbons (Fsp3) is 0.263. The van der Waals surface area contributed by atoms with Gasteiger partial charge in [-0.25, -0.2) is 0 Å². The first-order valence-electron chi connectivity index (χ1n) is 7.75. The van der Waals surface area contributed by atoms with E-state index in [9.17, 15) is 9.90 Å². The fourth-order valence-electron chi connectivity index (χ4n) is 2.00. The third-order valence-corrected chi connectivity index (χ3v) is 3.81. The lowest BCUT2D eigenvalue weighted by molar-refractivity contribution is -0.137. The molecule has 5 heteroatoms. The minimum Gasteiger partial charge on any atom is -0.504 e. The number of phenolic OH excluding ortho intramolecular Hbond substituents is 1. The number of hydrogen-bond acceptors (Lipinski definition) is 4. The van der Waals surface area contributed by atoms with Gasteiger partial charge in [0.25, 0.3) is 0 Å². The van der Waals surface area contributed by atoms with Crippen molar-refractivity contribution in [3.8, 4) is 11.5 Å². The number of hydrogen-bond donors (Lipinski definition) is 1. The molecule has 0 spiro atoms. The Hall–Kier alpha value is -2.14. The maximum Gasteiger partial charge on any atom is 0.313 e. The van der Waals surface area contributed by atoms with Crippen molar-refractivity contribution in [1.82, 2.24) is 0 Å². The first-order valence-corrected chi connectivity index (χ1v) is 8.54. The molecule has 1 N–H and O–H groups in total. The van der Waals surface area contributed by atoms with Crippen LogP contribution in [-0.4, -0.2) is 23.8 Å². The highest BCUT2D eigenvalue weighted by molar-refractivity contribution is 9.10. The molecule has 0 heterocycles. The summed E-state index contributed by atoms with van der Waals surface area (Å²) in [7, 11) is 0. The molecule has 0 atom stereocenters. The van der Waals surface area contributed by atoms with Crippen LogP contribution in [0.5, 0.6) is 11.5 Å². The zero-order valence-corrected chi connectivity index (χ0v) is 15.3. The van der Waals surface area contributed by atoms with Crippen molar-refractivity contribution >= 4 is 28.1 Å². The van der Waals surface area contributed by atoms with E-state index >= 15 is 0 Å². The lowest BCUT2D eigenvalue weighted by atomic mass is 10.1. The molecule has 0 radical (unpaired) electrons. The number of carbonyl (C=O) groups excluding carboxylic acids is 1. The van der Waals surface area contributed by atoms with Crippen molar-refractivity contribution in [2.45, 2.75) is 20.3 Å². The standard InChI is InChI=1S/C19H20BrNO3/c1-13(2)19(23)24-17-11-16(20)10-15(18(17)22)12-21-9-8-14-6-4-3-5-7-14/h3-7,10-13,22H,8-9H2,1-2H3. The van der Waals surface area contributed by atoms with Crippen molar-refractivity contribution in [3.05, 3.63) is 58.1 Å². The third kappa shape index (κ3) is 5.20. The summed E-state index contributed by atoms with van der Waals surface area (Å²) in [6.07, 6.45) is 2.41. The lowest BCUT2D eigenvalue weighted by Crippen LogP contribution is -2.15. The van der Waals surface area contributed by atoms with Gasteiger partial charge in [0.15, 0.2) is 11.5 Å². The SMILES string of the molecule is CC(C)C(=O)Oc1cc(Br)cc(C=NCCc2ccccc2)c1O. The summed E-state index contributed by atoms with van der Waals surface area (Å²) in [5.41, 5.74) is 1.71. The molecule has 0 aliphatic heterocycles. The van der Waals surface area contributed by atoms with E-state index in [4.69, 9.17) is 4.74 Å². The Morgan fingerprint density at radius 1 is 1.29 bits per heavy atom. The van der Waals surface area contributed by atoms with Gasteiger partial charge in [0.1, 0.15) is 0 Å². The van der Waals surface area contributed by atoms with Gasteiger partial charge in [-0.2, -0.15) is 0 Å². The highest BCUT2D eigenvalue weighted by Gasteiger charge is 2.15. The van der Waals surface area contributed by atoms with Crippen LogP contribution in [0.25, 0.3) is 0 Å². The number of esters is 1. The van der Waals surface area contributed by atoms with Gasteiger partial charge >= 0.3 is 5.97 Å². The first-order chi connectivity index (χ1) is 11.5. The van der Waals surface area contributed by atoms with Gasteiger partial charge in [0.2, 0.25) is 0 Å². The number of phenols is 1. The summed E-state index contributed by atoms with van der Waals surface area (Å²) < 4.78 is 5.93. The summed E-state index contributed by atoms with van der Waals surface area (Å²) in [5, 5.41) is 10.3. The maximum absolute atomic E-state index is 11.7. The zero-order chi connectivity index (χ0) is 17.5. The second kappa shape index (κ2) is 8.64. The molecule has 0 aromatic heterocycles. The molecule has 0 amide bonds. The fourth-order valence-corrected chi connectivity index (χ4v) is 2.45. The van der Waals surface area contributed by atoms with Crippen molar-refractivity contribution < 1.29 is 14.6 Å². The number of aromatic hydroxyl groups is 1. The minimum absolute atomic E-state index is 0.0874. The van der Waals surface area contributed by atoms with Crippen LogP contribution in [-0.2, 0) is 11.2 Å². The highest BCUT2D eigenvalue weighted by Crippen LogP contribution is 2.33. The minimum atomic E-state index is -0.393. The zero-order valence-electron chi connectivity index (χ0n) is 13.7. The van der Waals surface area contributed by atoms with Gasteiger partial charge in [0, 0.05) is 22.8 Å². The molecule has 24 heavy (non-hydrogen) atoms. The van der Waals surface area contributed by atoms with Gasteiger partial charge in [-0.05, 0) is 24.1 Å². The maximum atomic E-state index is 11.7. The van der Waals surface area contributed by atoms with Gasteiger partial charge in [-0.1, -0.05) is 60.1 Å². The second-order valence-electron chi connectivity index (χ2n) is 5.69. The summed E-state index contributed by atoms with van der Waals surface area (Å²) >= 11 is 3.36. The Morgan fingerprint density at radius 3 is 2.67 bits per heavy atom. The summed E-state index contributed by atoms with van der Waals surface area (Å²) in [4.78, 5) is 16.1. The molecule has 2 rings (SSSR count). The summed E-state index contributed by atoms with van der Waals surface area (Å²) in [6, 6.07) is 13.4. The topological polar surface area (TPSA) is 58.9 Å². The average molecular weight is 390 g/mol. The lowest BCUT2D eigenvalue weighted by Gasteiger charge is -2.10. The predicted octanol–water partition coefficient (Wildman–Crippen LogP) is 4.38. The number of nitrogens with zero attached hydrogens (tertiary/aromatic N) is 1. The Balaban J connectivity index is 2.08. The van der Waals surface area contributed by atoms with Crippen LogP contribution < -0.4 is 4.74 Å². The average Bonchev–Trinajstić information content (AvgIpc) is 2.56. The number of ether oxygens (including phenoxy) is 1. The van der Waals surface area contributed by atoms with Gasteiger partial charge in [-0.3, -0.25) is 9.79 Å². The van der Waals surface area contributed by atoms with Gasteiger partial charge in [-0.15, -0.1) is 0 Å². The summed E-state index contributed by atoms with van der Waals surface area (Å²) in [5.74, 6) is -0.620. The molecule has 0 aliphatic carbocycles. The molecule has 4 nitrogen and oxygen atoms in total. The van der Waals surface area contributed by atoms with Crippen LogP contribution in [0.2, 0.25) is 0 Å². The smallest absolute Gasteiger partial charge is 0.313 e. The Bertz CT molecular complexity index is 727. The molecule has 2 aromatic carbocycles. The molecule has 126 valence electrons. The monoisotopic (exact) mass is 389 g/mol. The van der Waals surface area contributed by atoms with Crippen LogP contribution in [0, 0.1) is 5.92 Å². The molecule has 0 saturated carbocycles. The predicted molar refractivity (Wildman–Crippen MR) is 98.9 cm³/mol. The molecule has 0 unspecified atom stereocenters. The Labute approximate surface area is 150 Å². The van der Waals surface area contributed by atoms with Crippen LogP contribution in [0.1, 0.15) is 25.0 Å². The number of halogens is 1. The number of rotatable bonds is 6. The Kier molecular flexibility index (Phi) is 6.55. The molecule has 0 bridgehead atoms. The molecule has 0 saturated heterocycles. The van der Waals surface area contributed by atoms with Crippen molar-refractivity contribution in [2.24, 2.45) is 10.9 Å². The highest BCUT2D eigenvalue weighted by atomic mass is 79.9. The van der Waals surface area contributed by atoms with Crippen LogP contribution in [0.4, 0.5) is 0 Å². The normalized spacial score (nSPS) is 11.2. The molecular weight excluding hydrogens is 370 g/mol. The van der Waals surface area contributed by atoms with E-state index in [1.54, 1.807) is 32.2 Å². The van der Waals surface area contributed by atoms with E-state index in [2.05, 4.69) is 33.1 Å². The summed E-state index contributed by atoms with van der Waals surface area (Å²) in [6.45, 7) is 4.09. The van der Waals surface area contributed by atoms with E-state index in [1.807, 2.05) is 18.2 Å². The van der Waals surface area contributed by atoms with Crippen molar-refractivity contribution in [2.75, 3.05) is 6.54 Å². The number of benzene rings is 2. The van der Waals surface area contributed by atoms with Gasteiger partial charge in [0.05, 0.1) is 5.92 Å².